The van der Waals surface area contributed by atoms with Crippen LogP contribution in [0.4, 0.5) is 18.9 Å². The molecular weight excluding hydrogens is 233 g/mol. The third-order valence-electron chi connectivity index (χ3n) is 2.67. The van der Waals surface area contributed by atoms with E-state index in [-0.39, 0.29) is 5.69 Å². The molecule has 17 heavy (non-hydrogen) atoms. The maximum Gasteiger partial charge on any atom is 0.241 e. The lowest BCUT2D eigenvalue weighted by atomic mass is 10.2. The number of hydrogen-bond acceptors (Lipinski definition) is 2. The van der Waals surface area contributed by atoms with Crippen LogP contribution >= 0.6 is 0 Å². The van der Waals surface area contributed by atoms with Crippen molar-refractivity contribution in [3.8, 4) is 0 Å². The number of halogens is 3. The highest BCUT2D eigenvalue weighted by molar-refractivity contribution is 5.95. The van der Waals surface area contributed by atoms with Gasteiger partial charge in [-0.15, -0.1) is 0 Å². The largest absolute Gasteiger partial charge is 0.322 e. The number of amides is 1. The van der Waals surface area contributed by atoms with Gasteiger partial charge in [0.2, 0.25) is 5.91 Å². The van der Waals surface area contributed by atoms with Crippen molar-refractivity contribution in [1.29, 1.82) is 0 Å². The molecule has 1 aromatic carbocycles. The Morgan fingerprint density at radius 2 is 2.06 bits per heavy atom. The lowest BCUT2D eigenvalue weighted by Crippen LogP contribution is -2.35. The second-order valence-electron chi connectivity index (χ2n) is 3.86. The van der Waals surface area contributed by atoms with Crippen LogP contribution in [0.2, 0.25) is 0 Å². The summed E-state index contributed by atoms with van der Waals surface area (Å²) in [5.41, 5.74) is -0.345. The topological polar surface area (TPSA) is 41.1 Å². The Kier molecular flexibility index (Phi) is 3.33. The van der Waals surface area contributed by atoms with Crippen LogP contribution in [0.1, 0.15) is 12.8 Å². The second-order valence-corrected chi connectivity index (χ2v) is 3.86. The smallest absolute Gasteiger partial charge is 0.241 e. The van der Waals surface area contributed by atoms with Crippen molar-refractivity contribution in [3.05, 3.63) is 29.6 Å². The molecule has 1 atom stereocenters. The van der Waals surface area contributed by atoms with Gasteiger partial charge in [-0.05, 0) is 31.5 Å². The summed E-state index contributed by atoms with van der Waals surface area (Å²) in [5, 5.41) is 5.16. The van der Waals surface area contributed by atoms with E-state index in [2.05, 4.69) is 10.6 Å². The van der Waals surface area contributed by atoms with E-state index in [1.807, 2.05) is 0 Å². The maximum absolute atomic E-state index is 13.3. The van der Waals surface area contributed by atoms with E-state index in [1.54, 1.807) is 0 Å². The van der Waals surface area contributed by atoms with Gasteiger partial charge in [-0.3, -0.25) is 4.79 Å². The van der Waals surface area contributed by atoms with Crippen molar-refractivity contribution in [3.63, 3.8) is 0 Å². The fourth-order valence-corrected chi connectivity index (χ4v) is 1.75. The molecule has 0 aliphatic carbocycles. The third kappa shape index (κ3) is 2.41. The lowest BCUT2D eigenvalue weighted by molar-refractivity contribution is -0.117. The molecule has 1 saturated heterocycles. The van der Waals surface area contributed by atoms with Gasteiger partial charge in [0.15, 0.2) is 17.5 Å². The van der Waals surface area contributed by atoms with E-state index < -0.39 is 29.4 Å². The highest BCUT2D eigenvalue weighted by Gasteiger charge is 2.23. The van der Waals surface area contributed by atoms with Crippen molar-refractivity contribution < 1.29 is 18.0 Å². The number of nitrogens with one attached hydrogen (secondary N) is 2. The Hall–Kier alpha value is -1.56. The van der Waals surface area contributed by atoms with Crippen LogP contribution in [0.3, 0.4) is 0 Å². The summed E-state index contributed by atoms with van der Waals surface area (Å²) in [6.07, 6.45) is 1.51. The molecule has 92 valence electrons. The fraction of sp³-hybridized carbons (Fsp3) is 0.364. The first kappa shape index (κ1) is 11.9. The number of anilines is 1. The molecule has 0 radical (unpaired) electrons. The van der Waals surface area contributed by atoms with Gasteiger partial charge < -0.3 is 10.6 Å². The van der Waals surface area contributed by atoms with Crippen molar-refractivity contribution in [1.82, 2.24) is 5.32 Å². The van der Waals surface area contributed by atoms with Crippen LogP contribution in [-0.4, -0.2) is 18.5 Å². The van der Waals surface area contributed by atoms with E-state index in [4.69, 9.17) is 0 Å². The molecule has 1 aliphatic heterocycles. The first-order chi connectivity index (χ1) is 8.09. The van der Waals surface area contributed by atoms with Crippen LogP contribution in [0, 0.1) is 17.5 Å². The molecule has 1 aromatic rings. The molecule has 0 aromatic heterocycles. The Balaban J connectivity index is 2.13. The third-order valence-corrected chi connectivity index (χ3v) is 2.67. The molecular formula is C11H11F3N2O. The van der Waals surface area contributed by atoms with Crippen LogP contribution in [-0.2, 0) is 4.79 Å². The summed E-state index contributed by atoms with van der Waals surface area (Å²) < 4.78 is 38.8. The summed E-state index contributed by atoms with van der Waals surface area (Å²) in [4.78, 5) is 11.6. The summed E-state index contributed by atoms with van der Waals surface area (Å²) in [6, 6.07) is 1.37. The average molecular weight is 244 g/mol. The van der Waals surface area contributed by atoms with Crippen LogP contribution in [0.5, 0.6) is 0 Å². The zero-order chi connectivity index (χ0) is 12.4. The Morgan fingerprint density at radius 3 is 2.71 bits per heavy atom. The van der Waals surface area contributed by atoms with Crippen molar-refractivity contribution in [2.45, 2.75) is 18.9 Å². The Bertz CT molecular complexity index is 445. The van der Waals surface area contributed by atoms with Gasteiger partial charge in [0, 0.05) is 0 Å². The molecule has 1 unspecified atom stereocenters. The van der Waals surface area contributed by atoms with Gasteiger partial charge in [0.1, 0.15) is 0 Å². The minimum atomic E-state index is -1.58. The predicted octanol–water partition coefficient (Wildman–Crippen LogP) is 1.79. The summed E-state index contributed by atoms with van der Waals surface area (Å²) in [6.45, 7) is 0.721. The van der Waals surface area contributed by atoms with Crippen LogP contribution in [0.15, 0.2) is 12.1 Å². The minimum Gasteiger partial charge on any atom is -0.322 e. The highest BCUT2D eigenvalue weighted by Crippen LogP contribution is 2.20. The second kappa shape index (κ2) is 4.75. The molecule has 0 saturated carbocycles. The van der Waals surface area contributed by atoms with Crippen molar-refractivity contribution in [2.75, 3.05) is 11.9 Å². The molecule has 6 heteroatoms. The molecule has 0 spiro atoms. The van der Waals surface area contributed by atoms with E-state index in [1.165, 1.54) is 0 Å². The number of rotatable bonds is 2. The lowest BCUT2D eigenvalue weighted by Gasteiger charge is -2.11. The number of hydrogen-bond donors (Lipinski definition) is 2. The molecule has 0 bridgehead atoms. The monoisotopic (exact) mass is 244 g/mol. The Morgan fingerprint density at radius 1 is 1.29 bits per heavy atom. The van der Waals surface area contributed by atoms with Gasteiger partial charge >= 0.3 is 0 Å². The number of benzene rings is 1. The molecule has 1 aliphatic rings. The molecule has 1 fully saturated rings. The molecule has 2 rings (SSSR count). The van der Waals surface area contributed by atoms with Crippen molar-refractivity contribution >= 4 is 11.6 Å². The SMILES string of the molecule is O=C(Nc1ccc(F)c(F)c1F)C1CCCN1. The minimum absolute atomic E-state index is 0.345. The quantitative estimate of drug-likeness (QED) is 0.779. The van der Waals surface area contributed by atoms with Gasteiger partial charge in [0.25, 0.3) is 0 Å². The van der Waals surface area contributed by atoms with Gasteiger partial charge in [-0.2, -0.15) is 0 Å². The summed E-state index contributed by atoms with van der Waals surface area (Å²) >= 11 is 0. The van der Waals surface area contributed by atoms with E-state index in [0.717, 1.165) is 25.1 Å². The number of carbonyl (C=O) groups is 1. The first-order valence-corrected chi connectivity index (χ1v) is 5.27. The highest BCUT2D eigenvalue weighted by atomic mass is 19.2. The Labute approximate surface area is 96.0 Å². The maximum atomic E-state index is 13.3. The van der Waals surface area contributed by atoms with E-state index in [0.29, 0.717) is 6.42 Å². The van der Waals surface area contributed by atoms with E-state index in [9.17, 15) is 18.0 Å². The predicted molar refractivity (Wildman–Crippen MR) is 56.0 cm³/mol. The molecule has 2 N–H and O–H groups in total. The van der Waals surface area contributed by atoms with Crippen LogP contribution in [0.25, 0.3) is 0 Å². The average Bonchev–Trinajstić information content (AvgIpc) is 2.83. The first-order valence-electron chi connectivity index (χ1n) is 5.27. The van der Waals surface area contributed by atoms with Gasteiger partial charge in [-0.1, -0.05) is 0 Å². The fourth-order valence-electron chi connectivity index (χ4n) is 1.75. The van der Waals surface area contributed by atoms with Gasteiger partial charge in [0.05, 0.1) is 11.7 Å². The summed E-state index contributed by atoms with van der Waals surface area (Å²) in [7, 11) is 0. The zero-order valence-electron chi connectivity index (χ0n) is 8.90. The molecule has 1 heterocycles. The molecule has 1 amide bonds. The normalized spacial score (nSPS) is 19.4. The van der Waals surface area contributed by atoms with E-state index >= 15 is 0 Å². The number of carbonyl (C=O) groups excluding carboxylic acids is 1. The van der Waals surface area contributed by atoms with Crippen LogP contribution < -0.4 is 10.6 Å². The zero-order valence-corrected chi connectivity index (χ0v) is 8.90. The van der Waals surface area contributed by atoms with Crippen molar-refractivity contribution in [2.24, 2.45) is 0 Å². The standard InChI is InChI=1S/C11H11F3N2O/c12-6-3-4-7(10(14)9(6)13)16-11(17)8-2-1-5-15-8/h3-4,8,15H,1-2,5H2,(H,16,17). The molecule has 3 nitrogen and oxygen atoms in total. The van der Waals surface area contributed by atoms with Gasteiger partial charge in [-0.25, -0.2) is 13.2 Å². The summed E-state index contributed by atoms with van der Waals surface area (Å²) in [5.74, 6) is -4.68.